The Morgan fingerprint density at radius 2 is 1.76 bits per heavy atom. The van der Waals surface area contributed by atoms with Crippen LogP contribution in [0.5, 0.6) is 0 Å². The number of carbonyl (C=O) groups excluding carboxylic acids is 1. The first kappa shape index (κ1) is 20.5. The van der Waals surface area contributed by atoms with Crippen molar-refractivity contribution in [3.63, 3.8) is 0 Å². The number of anilines is 1. The number of guanidine groups is 1. The molecule has 3 rings (SSSR count). The lowest BCUT2D eigenvalue weighted by atomic mass is 10.1. The van der Waals surface area contributed by atoms with Gasteiger partial charge in [0.05, 0.1) is 5.69 Å². The van der Waals surface area contributed by atoms with Gasteiger partial charge in [-0.1, -0.05) is 11.6 Å². The number of H-pyrrole nitrogens is 1. The molecule has 0 fully saturated rings. The van der Waals surface area contributed by atoms with Crippen molar-refractivity contribution < 1.29 is 13.6 Å². The molecule has 1 amide bonds. The fourth-order valence-corrected chi connectivity index (χ4v) is 2.62. The third kappa shape index (κ3) is 5.61. The highest BCUT2D eigenvalue weighted by Gasteiger charge is 2.12. The van der Waals surface area contributed by atoms with Crippen molar-refractivity contribution in [1.82, 2.24) is 15.5 Å². The summed E-state index contributed by atoms with van der Waals surface area (Å²) in [5.74, 6) is -1.35. The molecule has 1 aromatic heterocycles. The van der Waals surface area contributed by atoms with E-state index in [1.165, 1.54) is 12.1 Å². The molecule has 1 heterocycles. The summed E-state index contributed by atoms with van der Waals surface area (Å²) in [6.45, 7) is 3.77. The van der Waals surface area contributed by atoms with Crippen molar-refractivity contribution in [3.05, 3.63) is 70.8 Å². The predicted molar refractivity (Wildman–Crippen MR) is 109 cm³/mol. The van der Waals surface area contributed by atoms with Gasteiger partial charge in [0.2, 0.25) is 5.96 Å². The number of hydrogen-bond acceptors (Lipinski definition) is 2. The number of nitrogens with one attached hydrogen (secondary N) is 3. The third-order valence-corrected chi connectivity index (χ3v) is 3.98. The van der Waals surface area contributed by atoms with Gasteiger partial charge >= 0.3 is 0 Å². The molecular formula is C20H18ClF2N5O. The Labute approximate surface area is 171 Å². The highest BCUT2D eigenvalue weighted by atomic mass is 35.5. The van der Waals surface area contributed by atoms with E-state index in [9.17, 15) is 13.6 Å². The summed E-state index contributed by atoms with van der Waals surface area (Å²) in [6, 6.07) is 11.1. The topological polar surface area (TPSA) is 82.2 Å². The summed E-state index contributed by atoms with van der Waals surface area (Å²) in [4.78, 5) is 16.5. The van der Waals surface area contributed by atoms with Gasteiger partial charge in [-0.05, 0) is 50.2 Å². The van der Waals surface area contributed by atoms with Crippen LogP contribution in [0.1, 0.15) is 24.2 Å². The Morgan fingerprint density at radius 3 is 2.38 bits per heavy atom. The van der Waals surface area contributed by atoms with E-state index >= 15 is 0 Å². The van der Waals surface area contributed by atoms with E-state index in [0.717, 1.165) is 6.07 Å². The van der Waals surface area contributed by atoms with Crippen LogP contribution >= 0.6 is 11.6 Å². The van der Waals surface area contributed by atoms with E-state index < -0.39 is 17.5 Å². The zero-order chi connectivity index (χ0) is 21.0. The molecule has 0 aliphatic carbocycles. The van der Waals surface area contributed by atoms with Gasteiger partial charge in [-0.2, -0.15) is 10.1 Å². The average Bonchev–Trinajstić information content (AvgIpc) is 3.09. The van der Waals surface area contributed by atoms with Gasteiger partial charge in [0.25, 0.3) is 5.91 Å². The molecule has 0 spiro atoms. The fraction of sp³-hybridized carbons (Fsp3) is 0.150. The van der Waals surface area contributed by atoms with Crippen LogP contribution in [0.4, 0.5) is 14.6 Å². The van der Waals surface area contributed by atoms with Crippen LogP contribution in [0, 0.1) is 11.6 Å². The largest absolute Gasteiger partial charge is 0.354 e. The Morgan fingerprint density at radius 1 is 1.10 bits per heavy atom. The van der Waals surface area contributed by atoms with Crippen LogP contribution in [0.15, 0.2) is 53.5 Å². The monoisotopic (exact) mass is 417 g/mol. The molecule has 0 atom stereocenters. The summed E-state index contributed by atoms with van der Waals surface area (Å²) < 4.78 is 26.9. The lowest BCUT2D eigenvalue weighted by Gasteiger charge is -2.13. The Balaban J connectivity index is 1.82. The summed E-state index contributed by atoms with van der Waals surface area (Å²) in [6.07, 6.45) is 0. The van der Waals surface area contributed by atoms with Crippen molar-refractivity contribution in [1.29, 1.82) is 0 Å². The second-order valence-corrected chi connectivity index (χ2v) is 6.96. The summed E-state index contributed by atoms with van der Waals surface area (Å²) >= 11 is 5.84. The number of rotatable bonds is 4. The van der Waals surface area contributed by atoms with E-state index in [0.29, 0.717) is 27.7 Å². The van der Waals surface area contributed by atoms with Crippen LogP contribution < -0.4 is 10.6 Å². The quantitative estimate of drug-likeness (QED) is 0.427. The minimum atomic E-state index is -0.693. The highest BCUT2D eigenvalue weighted by Crippen LogP contribution is 2.22. The lowest BCUT2D eigenvalue weighted by Crippen LogP contribution is -2.36. The molecule has 0 radical (unpaired) electrons. The number of amides is 1. The van der Waals surface area contributed by atoms with Crippen LogP contribution in [-0.4, -0.2) is 28.1 Å². The maximum atomic E-state index is 13.4. The first-order valence-corrected chi connectivity index (χ1v) is 9.12. The highest BCUT2D eigenvalue weighted by molar-refractivity contribution is 6.30. The predicted octanol–water partition coefficient (Wildman–Crippen LogP) is 4.61. The number of nitrogens with zero attached hydrogens (tertiary/aromatic N) is 2. The number of benzene rings is 2. The minimum Gasteiger partial charge on any atom is -0.354 e. The van der Waals surface area contributed by atoms with Crippen LogP contribution in [0.2, 0.25) is 5.02 Å². The van der Waals surface area contributed by atoms with Crippen LogP contribution in [0.3, 0.4) is 0 Å². The number of halogens is 3. The van der Waals surface area contributed by atoms with E-state index in [-0.39, 0.29) is 12.0 Å². The first-order valence-electron chi connectivity index (χ1n) is 8.74. The zero-order valence-electron chi connectivity index (χ0n) is 15.6. The Bertz CT molecular complexity index is 1030. The molecule has 150 valence electrons. The van der Waals surface area contributed by atoms with Crippen molar-refractivity contribution in [2.45, 2.75) is 19.9 Å². The second-order valence-electron chi connectivity index (χ2n) is 6.52. The molecule has 29 heavy (non-hydrogen) atoms. The number of aliphatic imine (C=N–C) groups is 1. The van der Waals surface area contributed by atoms with Gasteiger partial charge in [-0.3, -0.25) is 9.89 Å². The van der Waals surface area contributed by atoms with Gasteiger partial charge < -0.3 is 10.6 Å². The third-order valence-electron chi connectivity index (χ3n) is 3.73. The summed E-state index contributed by atoms with van der Waals surface area (Å²) in [5, 5.41) is 13.2. The van der Waals surface area contributed by atoms with E-state index in [1.807, 2.05) is 13.8 Å². The molecule has 0 saturated heterocycles. The van der Waals surface area contributed by atoms with Crippen molar-refractivity contribution in [2.24, 2.45) is 4.99 Å². The molecule has 3 aromatic rings. The molecule has 0 bridgehead atoms. The maximum absolute atomic E-state index is 13.4. The molecule has 2 aromatic carbocycles. The molecule has 3 N–H and O–H groups in total. The SMILES string of the molecule is CC(C)N/C(=N/C(=O)c1ccc(Cl)cc1)Nc1cc(-c2cc(F)cc(F)c2)[nH]n1. The smallest absolute Gasteiger partial charge is 0.280 e. The fourth-order valence-electron chi connectivity index (χ4n) is 2.49. The van der Waals surface area contributed by atoms with E-state index in [4.69, 9.17) is 11.6 Å². The van der Waals surface area contributed by atoms with Crippen LogP contribution in [0.25, 0.3) is 11.3 Å². The standard InChI is InChI=1S/C20H18ClF2N5O/c1-11(2)24-20(26-19(29)12-3-5-14(21)6-4-12)25-18-10-17(27-28-18)13-7-15(22)9-16(23)8-13/h3-11H,1-2H3,(H3,24,25,26,27,28,29). The maximum Gasteiger partial charge on any atom is 0.280 e. The second kappa shape index (κ2) is 8.83. The van der Waals surface area contributed by atoms with Crippen molar-refractivity contribution >= 4 is 29.3 Å². The number of carbonyl (C=O) groups is 1. The lowest BCUT2D eigenvalue weighted by molar-refractivity contribution is 0.100. The number of aromatic amines is 1. The first-order chi connectivity index (χ1) is 13.8. The van der Waals surface area contributed by atoms with Gasteiger partial charge in [0.1, 0.15) is 11.6 Å². The number of hydrogen-bond donors (Lipinski definition) is 3. The molecule has 0 aliphatic heterocycles. The van der Waals surface area contributed by atoms with Crippen molar-refractivity contribution in [3.8, 4) is 11.3 Å². The number of aromatic nitrogens is 2. The zero-order valence-corrected chi connectivity index (χ0v) is 16.4. The van der Waals surface area contributed by atoms with Gasteiger partial charge in [-0.15, -0.1) is 0 Å². The van der Waals surface area contributed by atoms with E-state index in [2.05, 4.69) is 25.8 Å². The van der Waals surface area contributed by atoms with E-state index in [1.54, 1.807) is 30.3 Å². The van der Waals surface area contributed by atoms with Crippen LogP contribution in [-0.2, 0) is 0 Å². The van der Waals surface area contributed by atoms with Crippen molar-refractivity contribution in [2.75, 3.05) is 5.32 Å². The Hall–Kier alpha value is -3.26. The van der Waals surface area contributed by atoms with Gasteiger partial charge in [-0.25, -0.2) is 8.78 Å². The molecule has 6 nitrogen and oxygen atoms in total. The molecule has 0 unspecified atom stereocenters. The summed E-state index contributed by atoms with van der Waals surface area (Å²) in [5.41, 5.74) is 1.08. The normalized spacial score (nSPS) is 11.6. The summed E-state index contributed by atoms with van der Waals surface area (Å²) in [7, 11) is 0. The van der Waals surface area contributed by atoms with Gasteiger partial charge in [0.15, 0.2) is 5.82 Å². The molecule has 9 heteroatoms. The van der Waals surface area contributed by atoms with Gasteiger partial charge in [0, 0.05) is 34.3 Å². The molecular weight excluding hydrogens is 400 g/mol. The minimum absolute atomic E-state index is 0.0185. The average molecular weight is 418 g/mol. The molecule has 0 saturated carbocycles. The molecule has 0 aliphatic rings. The Kier molecular flexibility index (Phi) is 6.23.